The van der Waals surface area contributed by atoms with Crippen LogP contribution in [-0.2, 0) is 0 Å². The topological polar surface area (TPSA) is 36.7 Å². The van der Waals surface area contributed by atoms with E-state index >= 15 is 0 Å². The number of aryl methyl sites for hydroxylation is 1. The average molecular weight is 272 g/mol. The van der Waals surface area contributed by atoms with Gasteiger partial charge in [0.1, 0.15) is 5.58 Å². The van der Waals surface area contributed by atoms with Crippen molar-refractivity contribution in [2.45, 2.75) is 13.8 Å². The number of fused-ring (bicyclic) bond motifs is 1. The van der Waals surface area contributed by atoms with Gasteiger partial charge in [-0.15, -0.1) is 0 Å². The minimum Gasteiger partial charge on any atom is -0.440 e. The predicted octanol–water partition coefficient (Wildman–Crippen LogP) is 2.16. The zero-order valence-electron chi connectivity index (χ0n) is 12.3. The fourth-order valence-corrected chi connectivity index (χ4v) is 2.70. The quantitative estimate of drug-likeness (QED) is 0.797. The Hall–Kier alpha value is -1.81. The van der Waals surface area contributed by atoms with Gasteiger partial charge >= 0.3 is 0 Å². The molecule has 1 aliphatic heterocycles. The summed E-state index contributed by atoms with van der Waals surface area (Å²) in [5, 5.41) is 0.681. The van der Waals surface area contributed by atoms with Crippen LogP contribution in [0.3, 0.4) is 0 Å². The molecule has 1 fully saturated rings. The molecule has 0 atom stereocenters. The van der Waals surface area contributed by atoms with E-state index in [0.717, 1.165) is 37.6 Å². The molecule has 0 unspecified atom stereocenters. The monoisotopic (exact) mass is 272 g/mol. The lowest BCUT2D eigenvalue weighted by Crippen LogP contribution is -2.45. The maximum atomic E-state index is 12.5. The first-order chi connectivity index (χ1) is 9.56. The molecule has 20 heavy (non-hydrogen) atoms. The number of hydrogen-bond acceptors (Lipinski definition) is 4. The van der Waals surface area contributed by atoms with Gasteiger partial charge < -0.3 is 14.2 Å². The Bertz CT molecular complexity index is 697. The van der Waals surface area contributed by atoms with Crippen LogP contribution in [0.15, 0.2) is 27.4 Å². The highest BCUT2D eigenvalue weighted by atomic mass is 16.4. The van der Waals surface area contributed by atoms with Gasteiger partial charge in [0, 0.05) is 26.2 Å². The van der Waals surface area contributed by atoms with E-state index in [1.54, 1.807) is 0 Å². The van der Waals surface area contributed by atoms with E-state index in [-0.39, 0.29) is 5.43 Å². The predicted molar refractivity (Wildman–Crippen MR) is 81.7 cm³/mol. The summed E-state index contributed by atoms with van der Waals surface area (Å²) in [6.07, 6.45) is 0. The first kappa shape index (κ1) is 13.2. The van der Waals surface area contributed by atoms with Gasteiger partial charge in [0.2, 0.25) is 5.88 Å². The van der Waals surface area contributed by atoms with Crippen molar-refractivity contribution in [3.63, 3.8) is 0 Å². The lowest BCUT2D eigenvalue weighted by molar-refractivity contribution is 0.306. The zero-order valence-corrected chi connectivity index (χ0v) is 12.3. The van der Waals surface area contributed by atoms with Crippen molar-refractivity contribution in [3.05, 3.63) is 39.5 Å². The molecule has 0 spiro atoms. The Morgan fingerprint density at radius 3 is 2.50 bits per heavy atom. The Kier molecular flexibility index (Phi) is 3.26. The first-order valence-corrected chi connectivity index (χ1v) is 7.04. The van der Waals surface area contributed by atoms with E-state index in [9.17, 15) is 4.79 Å². The molecular formula is C16H20N2O2. The normalized spacial score (nSPS) is 16.9. The van der Waals surface area contributed by atoms with Crippen LogP contribution in [-0.4, -0.2) is 38.1 Å². The number of likely N-dealkylation sites (N-methyl/N-ethyl adjacent to an activating group) is 1. The summed E-state index contributed by atoms with van der Waals surface area (Å²) in [5.41, 5.74) is 2.56. The molecule has 1 aromatic heterocycles. The summed E-state index contributed by atoms with van der Waals surface area (Å²) in [6, 6.07) is 5.78. The third kappa shape index (κ3) is 2.20. The average Bonchev–Trinajstić information content (AvgIpc) is 2.44. The number of rotatable bonds is 1. The van der Waals surface area contributed by atoms with E-state index in [1.165, 1.54) is 0 Å². The van der Waals surface area contributed by atoms with E-state index in [0.29, 0.717) is 16.5 Å². The molecule has 0 bridgehead atoms. The lowest BCUT2D eigenvalue weighted by Gasteiger charge is -2.33. The summed E-state index contributed by atoms with van der Waals surface area (Å²) < 4.78 is 6.01. The van der Waals surface area contributed by atoms with Gasteiger partial charge in [0.15, 0.2) is 5.43 Å². The molecule has 0 amide bonds. The summed E-state index contributed by atoms with van der Waals surface area (Å²) >= 11 is 0. The van der Waals surface area contributed by atoms with Gasteiger partial charge in [-0.25, -0.2) is 0 Å². The summed E-state index contributed by atoms with van der Waals surface area (Å²) in [4.78, 5) is 17.0. The summed E-state index contributed by atoms with van der Waals surface area (Å²) in [7, 11) is 2.11. The molecule has 106 valence electrons. The Morgan fingerprint density at radius 2 is 1.80 bits per heavy atom. The summed E-state index contributed by atoms with van der Waals surface area (Å²) in [5.74, 6) is 0.736. The Labute approximate surface area is 118 Å². The van der Waals surface area contributed by atoms with Crippen molar-refractivity contribution < 1.29 is 4.42 Å². The molecule has 3 rings (SSSR count). The molecule has 0 aliphatic carbocycles. The van der Waals surface area contributed by atoms with Gasteiger partial charge in [-0.1, -0.05) is 11.6 Å². The van der Waals surface area contributed by atoms with Crippen molar-refractivity contribution in [3.8, 4) is 0 Å². The molecule has 1 saturated heterocycles. The van der Waals surface area contributed by atoms with Crippen LogP contribution in [0.2, 0.25) is 0 Å². The van der Waals surface area contributed by atoms with E-state index in [2.05, 4.69) is 16.8 Å². The molecule has 2 heterocycles. The van der Waals surface area contributed by atoms with Crippen LogP contribution < -0.4 is 10.3 Å². The molecule has 1 aromatic carbocycles. The minimum absolute atomic E-state index is 0.0869. The smallest absolute Gasteiger partial charge is 0.203 e. The van der Waals surface area contributed by atoms with Crippen LogP contribution in [0.25, 0.3) is 11.0 Å². The second-order valence-electron chi connectivity index (χ2n) is 5.65. The van der Waals surface area contributed by atoms with Gasteiger partial charge in [0.05, 0.1) is 10.9 Å². The molecule has 0 N–H and O–H groups in total. The van der Waals surface area contributed by atoms with Crippen molar-refractivity contribution in [2.24, 2.45) is 0 Å². The minimum atomic E-state index is 0.0869. The van der Waals surface area contributed by atoms with E-state index < -0.39 is 0 Å². The molecule has 4 heteroatoms. The maximum Gasteiger partial charge on any atom is 0.203 e. The number of piperazine rings is 1. The highest BCUT2D eigenvalue weighted by Crippen LogP contribution is 2.24. The standard InChI is InChI=1S/C16H20N2O2/c1-11-4-5-14-13(10-11)15(19)12(2)16(20-14)18-8-6-17(3)7-9-18/h4-5,10H,6-9H2,1-3H3. The van der Waals surface area contributed by atoms with Crippen molar-refractivity contribution in [2.75, 3.05) is 38.1 Å². The lowest BCUT2D eigenvalue weighted by atomic mass is 10.1. The fourth-order valence-electron chi connectivity index (χ4n) is 2.70. The van der Waals surface area contributed by atoms with Gasteiger partial charge in [-0.3, -0.25) is 4.79 Å². The van der Waals surface area contributed by atoms with Crippen LogP contribution in [0.4, 0.5) is 5.88 Å². The van der Waals surface area contributed by atoms with E-state index in [4.69, 9.17) is 4.42 Å². The number of nitrogens with zero attached hydrogens (tertiary/aromatic N) is 2. The molecule has 1 aliphatic rings. The molecule has 0 saturated carbocycles. The Balaban J connectivity index is 2.10. The van der Waals surface area contributed by atoms with Crippen LogP contribution in [0, 0.1) is 13.8 Å². The molecule has 0 radical (unpaired) electrons. The Morgan fingerprint density at radius 1 is 1.10 bits per heavy atom. The van der Waals surface area contributed by atoms with Crippen LogP contribution >= 0.6 is 0 Å². The van der Waals surface area contributed by atoms with E-state index in [1.807, 2.05) is 32.0 Å². The van der Waals surface area contributed by atoms with Crippen molar-refractivity contribution in [1.29, 1.82) is 0 Å². The van der Waals surface area contributed by atoms with Gasteiger partial charge in [-0.2, -0.15) is 0 Å². The number of hydrogen-bond donors (Lipinski definition) is 0. The number of anilines is 1. The molecule has 4 nitrogen and oxygen atoms in total. The third-order valence-corrected chi connectivity index (χ3v) is 4.04. The SMILES string of the molecule is Cc1ccc2oc(N3CCN(C)CC3)c(C)c(=O)c2c1. The third-order valence-electron chi connectivity index (χ3n) is 4.04. The number of benzene rings is 1. The van der Waals surface area contributed by atoms with Crippen molar-refractivity contribution >= 4 is 16.9 Å². The second kappa shape index (κ2) is 4.94. The second-order valence-corrected chi connectivity index (χ2v) is 5.65. The summed E-state index contributed by atoms with van der Waals surface area (Å²) in [6.45, 7) is 7.64. The van der Waals surface area contributed by atoms with Gasteiger partial charge in [0.25, 0.3) is 0 Å². The first-order valence-electron chi connectivity index (χ1n) is 7.04. The largest absolute Gasteiger partial charge is 0.440 e. The van der Waals surface area contributed by atoms with Gasteiger partial charge in [-0.05, 0) is 33.0 Å². The highest BCUT2D eigenvalue weighted by Gasteiger charge is 2.20. The van der Waals surface area contributed by atoms with Crippen LogP contribution in [0.5, 0.6) is 0 Å². The molecular weight excluding hydrogens is 252 g/mol. The maximum absolute atomic E-state index is 12.5. The van der Waals surface area contributed by atoms with Crippen LogP contribution in [0.1, 0.15) is 11.1 Å². The zero-order chi connectivity index (χ0) is 14.3. The fraction of sp³-hybridized carbons (Fsp3) is 0.438. The van der Waals surface area contributed by atoms with Crippen molar-refractivity contribution in [1.82, 2.24) is 4.90 Å². The highest BCUT2D eigenvalue weighted by molar-refractivity contribution is 5.79. The molecule has 2 aromatic rings.